The van der Waals surface area contributed by atoms with E-state index in [2.05, 4.69) is 35.3 Å². The Morgan fingerprint density at radius 2 is 2.18 bits per heavy atom. The minimum Gasteiger partial charge on any atom is -0.371 e. The van der Waals surface area contributed by atoms with E-state index in [0.717, 1.165) is 19.5 Å². The molecule has 0 saturated carbocycles. The summed E-state index contributed by atoms with van der Waals surface area (Å²) in [5.74, 6) is 0.269. The SMILES string of the molecule is CCNC(=O)C1Cc2ccccc2N(CC)C1. The molecule has 0 radical (unpaired) electrons. The highest BCUT2D eigenvalue weighted by atomic mass is 16.1. The Morgan fingerprint density at radius 3 is 2.88 bits per heavy atom. The number of hydrogen-bond acceptors (Lipinski definition) is 2. The van der Waals surface area contributed by atoms with Crippen LogP contribution in [0.25, 0.3) is 0 Å². The van der Waals surface area contributed by atoms with Crippen molar-refractivity contribution in [3.8, 4) is 0 Å². The van der Waals surface area contributed by atoms with Gasteiger partial charge in [-0.3, -0.25) is 4.79 Å². The van der Waals surface area contributed by atoms with E-state index in [4.69, 9.17) is 0 Å². The van der Waals surface area contributed by atoms with Crippen molar-refractivity contribution in [2.75, 3.05) is 24.5 Å². The van der Waals surface area contributed by atoms with Crippen LogP contribution in [0.2, 0.25) is 0 Å². The molecular weight excluding hydrogens is 212 g/mol. The Balaban J connectivity index is 2.21. The first-order valence-electron chi connectivity index (χ1n) is 6.36. The summed E-state index contributed by atoms with van der Waals surface area (Å²) in [4.78, 5) is 14.2. The predicted octanol–water partition coefficient (Wildman–Crippen LogP) is 1.82. The molecule has 0 aromatic heterocycles. The summed E-state index contributed by atoms with van der Waals surface area (Å²) in [6, 6.07) is 8.39. The van der Waals surface area contributed by atoms with Crippen LogP contribution in [-0.4, -0.2) is 25.5 Å². The molecule has 0 spiro atoms. The summed E-state index contributed by atoms with van der Waals surface area (Å²) >= 11 is 0. The average Bonchev–Trinajstić information content (AvgIpc) is 2.37. The summed E-state index contributed by atoms with van der Waals surface area (Å²) in [5, 5.41) is 2.93. The number of nitrogens with zero attached hydrogens (tertiary/aromatic N) is 1. The molecule has 0 saturated heterocycles. The highest BCUT2D eigenvalue weighted by molar-refractivity contribution is 5.81. The minimum atomic E-state index is 0.0878. The van der Waals surface area contributed by atoms with Gasteiger partial charge in [0.05, 0.1) is 5.92 Å². The molecule has 0 aliphatic carbocycles. The summed E-state index contributed by atoms with van der Waals surface area (Å²) < 4.78 is 0. The third-order valence-electron chi connectivity index (χ3n) is 3.34. The van der Waals surface area contributed by atoms with Crippen LogP contribution >= 0.6 is 0 Å². The second kappa shape index (κ2) is 5.21. The van der Waals surface area contributed by atoms with Crippen molar-refractivity contribution >= 4 is 11.6 Å². The van der Waals surface area contributed by atoms with Crippen molar-refractivity contribution in [3.05, 3.63) is 29.8 Å². The Kier molecular flexibility index (Phi) is 3.67. The molecule has 1 amide bonds. The van der Waals surface area contributed by atoms with Gasteiger partial charge in [-0.15, -0.1) is 0 Å². The van der Waals surface area contributed by atoms with E-state index in [1.807, 2.05) is 13.0 Å². The van der Waals surface area contributed by atoms with Crippen molar-refractivity contribution in [3.63, 3.8) is 0 Å². The lowest BCUT2D eigenvalue weighted by molar-refractivity contribution is -0.124. The number of anilines is 1. The number of para-hydroxylation sites is 1. The normalized spacial score (nSPS) is 18.7. The van der Waals surface area contributed by atoms with Crippen molar-refractivity contribution < 1.29 is 4.79 Å². The number of nitrogens with one attached hydrogen (secondary N) is 1. The van der Waals surface area contributed by atoms with Gasteiger partial charge in [-0.05, 0) is 31.9 Å². The van der Waals surface area contributed by atoms with Gasteiger partial charge in [0.15, 0.2) is 0 Å². The maximum atomic E-state index is 11.9. The Labute approximate surface area is 103 Å². The molecule has 1 aromatic rings. The van der Waals surface area contributed by atoms with Gasteiger partial charge in [-0.2, -0.15) is 0 Å². The highest BCUT2D eigenvalue weighted by Gasteiger charge is 2.27. The van der Waals surface area contributed by atoms with Crippen LogP contribution in [0.3, 0.4) is 0 Å². The minimum absolute atomic E-state index is 0.0878. The van der Waals surface area contributed by atoms with E-state index in [1.54, 1.807) is 0 Å². The van der Waals surface area contributed by atoms with Gasteiger partial charge in [-0.25, -0.2) is 0 Å². The third kappa shape index (κ3) is 2.43. The topological polar surface area (TPSA) is 32.3 Å². The number of benzene rings is 1. The van der Waals surface area contributed by atoms with Crippen LogP contribution in [0.4, 0.5) is 5.69 Å². The maximum absolute atomic E-state index is 11.9. The van der Waals surface area contributed by atoms with Gasteiger partial charge in [0.1, 0.15) is 0 Å². The molecule has 1 aliphatic rings. The van der Waals surface area contributed by atoms with Gasteiger partial charge in [-0.1, -0.05) is 18.2 Å². The predicted molar refractivity (Wildman–Crippen MR) is 70.2 cm³/mol. The van der Waals surface area contributed by atoms with E-state index in [-0.39, 0.29) is 11.8 Å². The van der Waals surface area contributed by atoms with Gasteiger partial charge in [0.2, 0.25) is 5.91 Å². The molecule has 1 atom stereocenters. The van der Waals surface area contributed by atoms with Gasteiger partial charge >= 0.3 is 0 Å². The quantitative estimate of drug-likeness (QED) is 0.862. The third-order valence-corrected chi connectivity index (χ3v) is 3.34. The maximum Gasteiger partial charge on any atom is 0.225 e. The van der Waals surface area contributed by atoms with Crippen molar-refractivity contribution in [2.24, 2.45) is 5.92 Å². The van der Waals surface area contributed by atoms with Crippen LogP contribution < -0.4 is 10.2 Å². The van der Waals surface area contributed by atoms with Gasteiger partial charge in [0.25, 0.3) is 0 Å². The summed E-state index contributed by atoms with van der Waals surface area (Å²) in [5.41, 5.74) is 2.58. The molecule has 1 N–H and O–H groups in total. The van der Waals surface area contributed by atoms with E-state index in [0.29, 0.717) is 6.54 Å². The second-order valence-corrected chi connectivity index (χ2v) is 4.46. The smallest absolute Gasteiger partial charge is 0.225 e. The number of rotatable bonds is 3. The molecule has 1 heterocycles. The van der Waals surface area contributed by atoms with Crippen LogP contribution in [0.5, 0.6) is 0 Å². The Morgan fingerprint density at radius 1 is 1.41 bits per heavy atom. The molecule has 0 bridgehead atoms. The van der Waals surface area contributed by atoms with Crippen LogP contribution in [0.1, 0.15) is 19.4 Å². The molecule has 0 fully saturated rings. The van der Waals surface area contributed by atoms with E-state index in [9.17, 15) is 4.79 Å². The van der Waals surface area contributed by atoms with Crippen molar-refractivity contribution in [1.29, 1.82) is 0 Å². The zero-order chi connectivity index (χ0) is 12.3. The molecule has 1 aromatic carbocycles. The first kappa shape index (κ1) is 12.0. The molecule has 17 heavy (non-hydrogen) atoms. The monoisotopic (exact) mass is 232 g/mol. The molecule has 92 valence electrons. The summed E-state index contributed by atoms with van der Waals surface area (Å²) in [6.45, 7) is 6.60. The first-order valence-corrected chi connectivity index (χ1v) is 6.36. The van der Waals surface area contributed by atoms with E-state index in [1.165, 1.54) is 11.3 Å². The lowest BCUT2D eigenvalue weighted by Gasteiger charge is -2.34. The van der Waals surface area contributed by atoms with Crippen LogP contribution in [0.15, 0.2) is 24.3 Å². The molecule has 3 nitrogen and oxygen atoms in total. The zero-order valence-corrected chi connectivity index (χ0v) is 10.6. The largest absolute Gasteiger partial charge is 0.371 e. The fourth-order valence-corrected chi connectivity index (χ4v) is 2.48. The lowest BCUT2D eigenvalue weighted by Crippen LogP contribution is -2.43. The van der Waals surface area contributed by atoms with E-state index < -0.39 is 0 Å². The van der Waals surface area contributed by atoms with Crippen molar-refractivity contribution in [2.45, 2.75) is 20.3 Å². The van der Waals surface area contributed by atoms with Crippen LogP contribution in [-0.2, 0) is 11.2 Å². The Bertz CT molecular complexity index is 403. The summed E-state index contributed by atoms with van der Waals surface area (Å²) in [7, 11) is 0. The molecule has 3 heteroatoms. The first-order chi connectivity index (χ1) is 8.26. The van der Waals surface area contributed by atoms with Gasteiger partial charge < -0.3 is 10.2 Å². The number of fused-ring (bicyclic) bond motifs is 1. The zero-order valence-electron chi connectivity index (χ0n) is 10.6. The number of amides is 1. The average molecular weight is 232 g/mol. The fourth-order valence-electron chi connectivity index (χ4n) is 2.48. The van der Waals surface area contributed by atoms with Crippen LogP contribution in [0, 0.1) is 5.92 Å². The van der Waals surface area contributed by atoms with E-state index >= 15 is 0 Å². The second-order valence-electron chi connectivity index (χ2n) is 4.46. The Hall–Kier alpha value is -1.51. The van der Waals surface area contributed by atoms with Crippen molar-refractivity contribution in [1.82, 2.24) is 5.32 Å². The molecular formula is C14H20N2O. The molecule has 1 unspecified atom stereocenters. The van der Waals surface area contributed by atoms with Gasteiger partial charge in [0, 0.05) is 25.3 Å². The highest BCUT2D eigenvalue weighted by Crippen LogP contribution is 2.29. The lowest BCUT2D eigenvalue weighted by atomic mass is 9.92. The fraction of sp³-hybridized carbons (Fsp3) is 0.500. The number of hydrogen-bond donors (Lipinski definition) is 1. The standard InChI is InChI=1S/C14H20N2O/c1-3-15-14(17)12-9-11-7-5-6-8-13(11)16(4-2)10-12/h5-8,12H,3-4,9-10H2,1-2H3,(H,15,17). The number of carbonyl (C=O) groups excluding carboxylic acids is 1. The summed E-state index contributed by atoms with van der Waals surface area (Å²) in [6.07, 6.45) is 0.860. The molecule has 1 aliphatic heterocycles. The number of carbonyl (C=O) groups is 1. The molecule has 2 rings (SSSR count).